The summed E-state index contributed by atoms with van der Waals surface area (Å²) < 4.78 is 0. The van der Waals surface area contributed by atoms with Crippen molar-refractivity contribution < 1.29 is 15.0 Å². The van der Waals surface area contributed by atoms with Gasteiger partial charge in [0.1, 0.15) is 0 Å². The number of carboxylic acid groups (broad SMARTS) is 1. The molecule has 1 heterocycles. The number of hydrogen-bond donors (Lipinski definition) is 2. The van der Waals surface area contributed by atoms with Crippen LogP contribution in [0.15, 0.2) is 30.3 Å². The Kier molecular flexibility index (Phi) is 4.71. The highest BCUT2D eigenvalue weighted by atomic mass is 16.4. The number of likely N-dealkylation sites (tertiary alicyclic amines) is 1. The van der Waals surface area contributed by atoms with Crippen molar-refractivity contribution >= 4 is 12.0 Å². The number of hydrogen-bond acceptors (Lipinski definition) is 3. The molecule has 1 saturated heterocycles. The first kappa shape index (κ1) is 13.8. The smallest absolute Gasteiger partial charge is 0.328 e. The Morgan fingerprint density at radius 2 is 2.32 bits per heavy atom. The van der Waals surface area contributed by atoms with E-state index in [-0.39, 0.29) is 6.10 Å². The van der Waals surface area contributed by atoms with Crippen LogP contribution < -0.4 is 0 Å². The van der Waals surface area contributed by atoms with Crippen LogP contribution in [0, 0.1) is 0 Å². The first-order valence-electron chi connectivity index (χ1n) is 6.54. The van der Waals surface area contributed by atoms with Gasteiger partial charge in [-0.1, -0.05) is 24.3 Å². The number of carbonyl (C=O) groups is 1. The SMILES string of the molecule is O=C(O)C=Cc1cccc(CN2CCCC(O)C2)c1. The fourth-order valence-corrected chi connectivity index (χ4v) is 2.40. The van der Waals surface area contributed by atoms with Crippen LogP contribution in [0.3, 0.4) is 0 Å². The predicted molar refractivity (Wildman–Crippen MR) is 73.6 cm³/mol. The lowest BCUT2D eigenvalue weighted by atomic mass is 10.1. The van der Waals surface area contributed by atoms with Gasteiger partial charge in [0.2, 0.25) is 0 Å². The molecule has 1 aliphatic heterocycles. The molecule has 4 nitrogen and oxygen atoms in total. The third-order valence-electron chi connectivity index (χ3n) is 3.26. The molecule has 1 aromatic rings. The highest BCUT2D eigenvalue weighted by Crippen LogP contribution is 2.15. The molecule has 1 fully saturated rings. The van der Waals surface area contributed by atoms with Crippen molar-refractivity contribution in [1.29, 1.82) is 0 Å². The van der Waals surface area contributed by atoms with E-state index in [9.17, 15) is 9.90 Å². The van der Waals surface area contributed by atoms with E-state index in [0.717, 1.165) is 49.7 Å². The van der Waals surface area contributed by atoms with Crippen LogP contribution in [0.1, 0.15) is 24.0 Å². The summed E-state index contributed by atoms with van der Waals surface area (Å²) in [5.41, 5.74) is 2.03. The van der Waals surface area contributed by atoms with Gasteiger partial charge in [0.15, 0.2) is 0 Å². The van der Waals surface area contributed by atoms with E-state index in [4.69, 9.17) is 5.11 Å². The molecule has 0 bridgehead atoms. The van der Waals surface area contributed by atoms with E-state index in [1.807, 2.05) is 24.3 Å². The van der Waals surface area contributed by atoms with Crippen molar-refractivity contribution in [2.24, 2.45) is 0 Å². The van der Waals surface area contributed by atoms with Gasteiger partial charge in [0, 0.05) is 19.2 Å². The number of carboxylic acids is 1. The number of rotatable bonds is 4. The fourth-order valence-electron chi connectivity index (χ4n) is 2.40. The maximum absolute atomic E-state index is 10.5. The predicted octanol–water partition coefficient (Wildman–Crippen LogP) is 1.74. The van der Waals surface area contributed by atoms with Crippen molar-refractivity contribution in [3.05, 3.63) is 41.5 Å². The van der Waals surface area contributed by atoms with Crippen molar-refractivity contribution in [2.45, 2.75) is 25.5 Å². The minimum absolute atomic E-state index is 0.219. The highest BCUT2D eigenvalue weighted by molar-refractivity contribution is 5.85. The second-order valence-electron chi connectivity index (χ2n) is 4.95. The van der Waals surface area contributed by atoms with Gasteiger partial charge >= 0.3 is 5.97 Å². The Morgan fingerprint density at radius 3 is 3.05 bits per heavy atom. The minimum Gasteiger partial charge on any atom is -0.478 e. The second kappa shape index (κ2) is 6.50. The molecule has 1 aromatic carbocycles. The summed E-state index contributed by atoms with van der Waals surface area (Å²) in [5, 5.41) is 18.3. The van der Waals surface area contributed by atoms with Crippen molar-refractivity contribution in [1.82, 2.24) is 4.90 Å². The molecule has 102 valence electrons. The summed E-state index contributed by atoms with van der Waals surface area (Å²) in [6, 6.07) is 7.82. The van der Waals surface area contributed by atoms with Gasteiger partial charge in [-0.15, -0.1) is 0 Å². The summed E-state index contributed by atoms with van der Waals surface area (Å²) in [7, 11) is 0. The monoisotopic (exact) mass is 261 g/mol. The third-order valence-corrected chi connectivity index (χ3v) is 3.26. The average molecular weight is 261 g/mol. The van der Waals surface area contributed by atoms with Gasteiger partial charge in [-0.25, -0.2) is 4.79 Å². The molecule has 0 radical (unpaired) electrons. The molecule has 19 heavy (non-hydrogen) atoms. The zero-order chi connectivity index (χ0) is 13.7. The molecule has 4 heteroatoms. The van der Waals surface area contributed by atoms with E-state index in [1.54, 1.807) is 6.08 Å². The van der Waals surface area contributed by atoms with E-state index < -0.39 is 5.97 Å². The lowest BCUT2D eigenvalue weighted by Gasteiger charge is -2.30. The number of piperidine rings is 1. The molecule has 1 atom stereocenters. The Hall–Kier alpha value is -1.65. The molecule has 1 unspecified atom stereocenters. The number of β-amino-alcohol motifs (C(OH)–C–C–N with tert-alkyl or cyclic N) is 1. The third kappa shape index (κ3) is 4.50. The molecule has 0 saturated carbocycles. The zero-order valence-corrected chi connectivity index (χ0v) is 10.8. The molecule has 2 N–H and O–H groups in total. The summed E-state index contributed by atoms with van der Waals surface area (Å²) in [6.07, 6.45) is 4.43. The molecular formula is C15H19NO3. The Morgan fingerprint density at radius 1 is 1.47 bits per heavy atom. The molecule has 2 rings (SSSR count). The maximum Gasteiger partial charge on any atom is 0.328 e. The number of aliphatic carboxylic acids is 1. The molecular weight excluding hydrogens is 242 g/mol. The van der Waals surface area contributed by atoms with Gasteiger partial charge < -0.3 is 10.2 Å². The number of aliphatic hydroxyl groups is 1. The van der Waals surface area contributed by atoms with Gasteiger partial charge in [-0.05, 0) is 36.6 Å². The van der Waals surface area contributed by atoms with Crippen LogP contribution in [-0.2, 0) is 11.3 Å². The van der Waals surface area contributed by atoms with Crippen LogP contribution in [0.25, 0.3) is 6.08 Å². The van der Waals surface area contributed by atoms with Gasteiger partial charge in [-0.3, -0.25) is 4.90 Å². The lowest BCUT2D eigenvalue weighted by molar-refractivity contribution is -0.131. The molecule has 1 aliphatic rings. The Labute approximate surface area is 113 Å². The second-order valence-corrected chi connectivity index (χ2v) is 4.95. The number of nitrogens with zero attached hydrogens (tertiary/aromatic N) is 1. The largest absolute Gasteiger partial charge is 0.478 e. The lowest BCUT2D eigenvalue weighted by Crippen LogP contribution is -2.37. The normalized spacial score (nSPS) is 20.8. The van der Waals surface area contributed by atoms with Crippen LogP contribution in [0.4, 0.5) is 0 Å². The van der Waals surface area contributed by atoms with Gasteiger partial charge in [0.25, 0.3) is 0 Å². The number of aliphatic hydroxyl groups excluding tert-OH is 1. The molecule has 0 spiro atoms. The average Bonchev–Trinajstić information content (AvgIpc) is 2.37. The van der Waals surface area contributed by atoms with Gasteiger partial charge in [-0.2, -0.15) is 0 Å². The van der Waals surface area contributed by atoms with Crippen LogP contribution >= 0.6 is 0 Å². The summed E-state index contributed by atoms with van der Waals surface area (Å²) in [6.45, 7) is 2.52. The van der Waals surface area contributed by atoms with Crippen LogP contribution in [0.2, 0.25) is 0 Å². The Bertz CT molecular complexity index is 470. The fraction of sp³-hybridized carbons (Fsp3) is 0.400. The van der Waals surface area contributed by atoms with E-state index >= 15 is 0 Å². The molecule has 0 aromatic heterocycles. The van der Waals surface area contributed by atoms with Crippen molar-refractivity contribution in [2.75, 3.05) is 13.1 Å². The van der Waals surface area contributed by atoms with Crippen molar-refractivity contribution in [3.8, 4) is 0 Å². The maximum atomic E-state index is 10.5. The molecule has 0 aliphatic carbocycles. The first-order chi connectivity index (χ1) is 9.13. The Balaban J connectivity index is 2.00. The standard InChI is InChI=1S/C15H19NO3/c17-14-5-2-8-16(11-14)10-13-4-1-3-12(9-13)6-7-15(18)19/h1,3-4,6-7,9,14,17H,2,5,8,10-11H2,(H,18,19). The van der Waals surface area contributed by atoms with Gasteiger partial charge in [0.05, 0.1) is 6.10 Å². The number of benzene rings is 1. The van der Waals surface area contributed by atoms with Crippen molar-refractivity contribution in [3.63, 3.8) is 0 Å². The summed E-state index contributed by atoms with van der Waals surface area (Å²) in [5.74, 6) is -0.940. The van der Waals surface area contributed by atoms with Crippen LogP contribution in [-0.4, -0.2) is 40.3 Å². The minimum atomic E-state index is -0.940. The summed E-state index contributed by atoms with van der Waals surface area (Å²) in [4.78, 5) is 12.7. The summed E-state index contributed by atoms with van der Waals surface area (Å²) >= 11 is 0. The zero-order valence-electron chi connectivity index (χ0n) is 10.8. The van der Waals surface area contributed by atoms with E-state index in [0.29, 0.717) is 0 Å². The first-order valence-corrected chi connectivity index (χ1v) is 6.54. The molecule has 0 amide bonds. The van der Waals surface area contributed by atoms with E-state index in [1.165, 1.54) is 0 Å². The van der Waals surface area contributed by atoms with E-state index in [2.05, 4.69) is 4.90 Å². The van der Waals surface area contributed by atoms with Crippen LogP contribution in [0.5, 0.6) is 0 Å². The highest BCUT2D eigenvalue weighted by Gasteiger charge is 2.17. The topological polar surface area (TPSA) is 60.8 Å². The quantitative estimate of drug-likeness (QED) is 0.810.